The predicted octanol–water partition coefficient (Wildman–Crippen LogP) is 4.01. The minimum Gasteiger partial charge on any atom is -0.481 e. The highest BCUT2D eigenvalue weighted by Crippen LogP contribution is 2.23. The lowest BCUT2D eigenvalue weighted by Gasteiger charge is -2.18. The van der Waals surface area contributed by atoms with Gasteiger partial charge in [-0.3, -0.25) is 4.79 Å². The lowest BCUT2D eigenvalue weighted by molar-refractivity contribution is -0.147. The van der Waals surface area contributed by atoms with E-state index in [-0.39, 0.29) is 0 Å². The second kappa shape index (κ2) is 7.49. The van der Waals surface area contributed by atoms with Crippen molar-refractivity contribution in [2.75, 3.05) is 0 Å². The van der Waals surface area contributed by atoms with Crippen LogP contribution in [0.4, 0.5) is 0 Å². The minimum atomic E-state index is -0.687. The molecule has 0 aromatic carbocycles. The fourth-order valence-corrected chi connectivity index (χ4v) is 1.40. The van der Waals surface area contributed by atoms with Crippen molar-refractivity contribution in [2.45, 2.75) is 59.3 Å². The van der Waals surface area contributed by atoms with Crippen LogP contribution in [0.2, 0.25) is 0 Å². The van der Waals surface area contributed by atoms with Crippen molar-refractivity contribution < 1.29 is 9.90 Å². The van der Waals surface area contributed by atoms with Crippen LogP contribution in [0.5, 0.6) is 0 Å². The van der Waals surface area contributed by atoms with E-state index >= 15 is 0 Å². The average Bonchev–Trinajstić information content (AvgIpc) is 2.16. The maximum Gasteiger partial charge on any atom is 0.309 e. The highest BCUT2D eigenvalue weighted by atomic mass is 16.4. The summed E-state index contributed by atoms with van der Waals surface area (Å²) >= 11 is 0. The number of carbonyl (C=O) groups is 1. The van der Waals surface area contributed by atoms with Gasteiger partial charge in [0.15, 0.2) is 0 Å². The summed E-state index contributed by atoms with van der Waals surface area (Å²) in [7, 11) is 0. The number of rotatable bonds is 8. The Balaban J connectivity index is 3.46. The van der Waals surface area contributed by atoms with E-state index < -0.39 is 11.4 Å². The number of aliphatic carboxylic acids is 1. The molecule has 1 N–H and O–H groups in total. The van der Waals surface area contributed by atoms with E-state index in [9.17, 15) is 4.79 Å². The molecule has 0 fully saturated rings. The van der Waals surface area contributed by atoms with Crippen LogP contribution in [0, 0.1) is 5.41 Å². The van der Waals surface area contributed by atoms with Gasteiger partial charge in [-0.25, -0.2) is 0 Å². The van der Waals surface area contributed by atoms with Crippen molar-refractivity contribution in [2.24, 2.45) is 5.41 Å². The maximum absolute atomic E-state index is 10.8. The molecule has 0 aromatic heterocycles. The van der Waals surface area contributed by atoms with E-state index in [1.165, 1.54) is 6.42 Å². The quantitative estimate of drug-likeness (QED) is 0.487. The Kier molecular flexibility index (Phi) is 7.10. The van der Waals surface area contributed by atoms with Crippen molar-refractivity contribution in [3.05, 3.63) is 12.2 Å². The molecule has 0 radical (unpaired) electrons. The van der Waals surface area contributed by atoms with Crippen molar-refractivity contribution >= 4 is 5.97 Å². The molecule has 88 valence electrons. The van der Waals surface area contributed by atoms with E-state index in [2.05, 4.69) is 19.1 Å². The number of allylic oxidation sites excluding steroid dienone is 2. The number of carboxylic acid groups (broad SMARTS) is 1. The molecule has 2 heteroatoms. The summed E-state index contributed by atoms with van der Waals surface area (Å²) < 4.78 is 0. The normalized spacial score (nSPS) is 12.2. The molecular weight excluding hydrogens is 188 g/mol. The minimum absolute atomic E-state index is 0.556. The van der Waals surface area contributed by atoms with Gasteiger partial charge in [-0.1, -0.05) is 31.9 Å². The molecule has 0 saturated heterocycles. The number of carboxylic acids is 1. The molecule has 0 bridgehead atoms. The van der Waals surface area contributed by atoms with Gasteiger partial charge < -0.3 is 5.11 Å². The lowest BCUT2D eigenvalue weighted by atomic mass is 9.87. The molecule has 0 heterocycles. The van der Waals surface area contributed by atoms with Crippen LogP contribution in [-0.4, -0.2) is 11.1 Å². The first-order chi connectivity index (χ1) is 7.00. The van der Waals surface area contributed by atoms with Crippen LogP contribution in [-0.2, 0) is 4.79 Å². The van der Waals surface area contributed by atoms with E-state index in [0.717, 1.165) is 32.1 Å². The smallest absolute Gasteiger partial charge is 0.309 e. The van der Waals surface area contributed by atoms with Gasteiger partial charge in [-0.2, -0.15) is 0 Å². The van der Waals surface area contributed by atoms with Crippen molar-refractivity contribution in [1.82, 2.24) is 0 Å². The average molecular weight is 212 g/mol. The van der Waals surface area contributed by atoms with Gasteiger partial charge in [-0.15, -0.1) is 0 Å². The molecule has 0 atom stereocenters. The zero-order valence-corrected chi connectivity index (χ0v) is 10.3. The Bertz CT molecular complexity index is 205. The van der Waals surface area contributed by atoms with Crippen LogP contribution in [0.25, 0.3) is 0 Å². The fraction of sp³-hybridized carbons (Fsp3) is 0.769. The van der Waals surface area contributed by atoms with Crippen LogP contribution >= 0.6 is 0 Å². The Morgan fingerprint density at radius 1 is 1.20 bits per heavy atom. The van der Waals surface area contributed by atoms with Gasteiger partial charge in [0.05, 0.1) is 5.41 Å². The van der Waals surface area contributed by atoms with Gasteiger partial charge in [0.1, 0.15) is 0 Å². The van der Waals surface area contributed by atoms with Crippen molar-refractivity contribution in [3.63, 3.8) is 0 Å². The zero-order valence-electron chi connectivity index (χ0n) is 10.3. The van der Waals surface area contributed by atoms with Crippen LogP contribution < -0.4 is 0 Å². The molecule has 0 amide bonds. The van der Waals surface area contributed by atoms with E-state index in [1.807, 2.05) is 0 Å². The first kappa shape index (κ1) is 14.2. The summed E-state index contributed by atoms with van der Waals surface area (Å²) in [6.45, 7) is 5.73. The molecule has 0 aliphatic rings. The van der Waals surface area contributed by atoms with Gasteiger partial charge in [0.25, 0.3) is 0 Å². The maximum atomic E-state index is 10.8. The monoisotopic (exact) mass is 212 g/mol. The summed E-state index contributed by atoms with van der Waals surface area (Å²) in [5.74, 6) is -0.687. The molecule has 0 unspecified atom stereocenters. The molecule has 0 rings (SSSR count). The third kappa shape index (κ3) is 7.18. The van der Waals surface area contributed by atoms with Crippen LogP contribution in [0.1, 0.15) is 59.3 Å². The Morgan fingerprint density at radius 2 is 1.87 bits per heavy atom. The zero-order chi connectivity index (χ0) is 11.7. The van der Waals surface area contributed by atoms with Crippen molar-refractivity contribution in [1.29, 1.82) is 0 Å². The SMILES string of the molecule is CCC=CCCCCCC(C)(C)C(=O)O. The molecular formula is C13H24O2. The summed E-state index contributed by atoms with van der Waals surface area (Å²) in [6.07, 6.45) is 10.7. The molecule has 0 aromatic rings. The van der Waals surface area contributed by atoms with E-state index in [4.69, 9.17) is 5.11 Å². The molecule has 0 spiro atoms. The standard InChI is InChI=1S/C13H24O2/c1-4-5-6-7-8-9-10-11-13(2,3)12(14)15/h5-6H,4,7-11H2,1-3H3,(H,14,15). The van der Waals surface area contributed by atoms with Crippen molar-refractivity contribution in [3.8, 4) is 0 Å². The highest BCUT2D eigenvalue weighted by Gasteiger charge is 2.25. The fourth-order valence-electron chi connectivity index (χ4n) is 1.40. The number of hydrogen-bond donors (Lipinski definition) is 1. The highest BCUT2D eigenvalue weighted by molar-refractivity contribution is 5.73. The van der Waals surface area contributed by atoms with Gasteiger partial charge >= 0.3 is 5.97 Å². The topological polar surface area (TPSA) is 37.3 Å². The summed E-state index contributed by atoms with van der Waals surface area (Å²) in [5, 5.41) is 8.90. The van der Waals surface area contributed by atoms with E-state index in [1.54, 1.807) is 13.8 Å². The van der Waals surface area contributed by atoms with Gasteiger partial charge in [0, 0.05) is 0 Å². The molecule has 0 aliphatic heterocycles. The molecule has 0 aliphatic carbocycles. The Labute approximate surface area is 93.4 Å². The predicted molar refractivity (Wildman–Crippen MR) is 63.9 cm³/mol. The first-order valence-electron chi connectivity index (χ1n) is 5.89. The van der Waals surface area contributed by atoms with Gasteiger partial charge in [-0.05, 0) is 39.5 Å². The summed E-state index contributed by atoms with van der Waals surface area (Å²) in [4.78, 5) is 10.8. The molecule has 0 saturated carbocycles. The van der Waals surface area contributed by atoms with Crippen LogP contribution in [0.15, 0.2) is 12.2 Å². The van der Waals surface area contributed by atoms with E-state index in [0.29, 0.717) is 0 Å². The third-order valence-electron chi connectivity index (χ3n) is 2.65. The largest absolute Gasteiger partial charge is 0.481 e. The molecule has 15 heavy (non-hydrogen) atoms. The third-order valence-corrected chi connectivity index (χ3v) is 2.65. The molecule has 2 nitrogen and oxygen atoms in total. The number of hydrogen-bond acceptors (Lipinski definition) is 1. The summed E-state index contributed by atoms with van der Waals surface area (Å²) in [5.41, 5.74) is -0.556. The van der Waals surface area contributed by atoms with Crippen LogP contribution in [0.3, 0.4) is 0 Å². The second-order valence-corrected chi connectivity index (χ2v) is 4.67. The van der Waals surface area contributed by atoms with Gasteiger partial charge in [0.2, 0.25) is 0 Å². The first-order valence-corrected chi connectivity index (χ1v) is 5.89. The number of unbranched alkanes of at least 4 members (excludes halogenated alkanes) is 3. The Morgan fingerprint density at radius 3 is 2.40 bits per heavy atom. The lowest BCUT2D eigenvalue weighted by Crippen LogP contribution is -2.23. The summed E-state index contributed by atoms with van der Waals surface area (Å²) in [6, 6.07) is 0. The second-order valence-electron chi connectivity index (χ2n) is 4.67. The Hall–Kier alpha value is -0.790.